The number of nitrogens with one attached hydrogen (secondary N) is 1. The summed E-state index contributed by atoms with van der Waals surface area (Å²) in [5, 5.41) is 3.08. The minimum absolute atomic E-state index is 0.531. The van der Waals surface area contributed by atoms with Gasteiger partial charge in [-0.05, 0) is 23.6 Å². The summed E-state index contributed by atoms with van der Waals surface area (Å²) >= 11 is 0. The second-order valence-corrected chi connectivity index (χ2v) is 3.96. The predicted octanol–water partition coefficient (Wildman–Crippen LogP) is 2.41. The van der Waals surface area contributed by atoms with E-state index in [9.17, 15) is 0 Å². The lowest BCUT2D eigenvalue weighted by Gasteiger charge is -2.09. The lowest BCUT2D eigenvalue weighted by atomic mass is 10.0. The molecule has 1 aromatic carbocycles. The van der Waals surface area contributed by atoms with Gasteiger partial charge in [-0.3, -0.25) is 0 Å². The van der Waals surface area contributed by atoms with E-state index in [0.29, 0.717) is 19.1 Å². The first-order valence-corrected chi connectivity index (χ1v) is 5.61. The average molecular weight is 217 g/mol. The van der Waals surface area contributed by atoms with Crippen molar-refractivity contribution in [3.63, 3.8) is 0 Å². The van der Waals surface area contributed by atoms with E-state index in [1.165, 1.54) is 5.56 Å². The molecule has 1 N–H and O–H groups in total. The molecule has 2 heteroatoms. The van der Waals surface area contributed by atoms with E-state index < -0.39 is 0 Å². The van der Waals surface area contributed by atoms with Crippen molar-refractivity contribution in [3.8, 4) is 18.1 Å². The van der Waals surface area contributed by atoms with Crippen LogP contribution >= 0.6 is 0 Å². The second-order valence-electron chi connectivity index (χ2n) is 3.96. The quantitative estimate of drug-likeness (QED) is 0.583. The molecule has 86 valence electrons. The maximum Gasteiger partial charge on any atom is 0.119 e. The summed E-state index contributed by atoms with van der Waals surface area (Å²) in [7, 11) is 0. The third kappa shape index (κ3) is 4.37. The molecule has 16 heavy (non-hydrogen) atoms. The zero-order valence-corrected chi connectivity index (χ0v) is 9.99. The van der Waals surface area contributed by atoms with E-state index in [4.69, 9.17) is 11.2 Å². The first-order valence-electron chi connectivity index (χ1n) is 5.61. The molecular weight excluding hydrogens is 198 g/mol. The van der Waals surface area contributed by atoms with Gasteiger partial charge in [-0.25, -0.2) is 0 Å². The van der Waals surface area contributed by atoms with Crippen molar-refractivity contribution in [1.29, 1.82) is 0 Å². The first kappa shape index (κ1) is 12.6. The zero-order chi connectivity index (χ0) is 11.8. The SMILES string of the molecule is C#CCNCCOc1cccc(C(C)C)c1. The van der Waals surface area contributed by atoms with Crippen molar-refractivity contribution in [2.45, 2.75) is 19.8 Å². The highest BCUT2D eigenvalue weighted by atomic mass is 16.5. The molecular formula is C14H19NO. The fourth-order valence-electron chi connectivity index (χ4n) is 1.37. The summed E-state index contributed by atoms with van der Waals surface area (Å²) < 4.78 is 5.61. The van der Waals surface area contributed by atoms with E-state index in [2.05, 4.69) is 37.2 Å². The van der Waals surface area contributed by atoms with E-state index in [1.54, 1.807) is 0 Å². The summed E-state index contributed by atoms with van der Waals surface area (Å²) in [4.78, 5) is 0. The Hall–Kier alpha value is -1.46. The van der Waals surface area contributed by atoms with Gasteiger partial charge in [0, 0.05) is 6.54 Å². The molecule has 0 saturated carbocycles. The average Bonchev–Trinajstić information content (AvgIpc) is 2.29. The van der Waals surface area contributed by atoms with Crippen molar-refractivity contribution in [3.05, 3.63) is 29.8 Å². The topological polar surface area (TPSA) is 21.3 Å². The number of terminal acetylenes is 1. The number of hydrogen-bond donors (Lipinski definition) is 1. The molecule has 0 aliphatic carbocycles. The van der Waals surface area contributed by atoms with Gasteiger partial charge >= 0.3 is 0 Å². The Labute approximate surface area is 98.0 Å². The first-order chi connectivity index (χ1) is 7.74. The van der Waals surface area contributed by atoms with Crippen LogP contribution in [0.5, 0.6) is 5.75 Å². The Morgan fingerprint density at radius 2 is 2.25 bits per heavy atom. The number of ether oxygens (including phenoxy) is 1. The van der Waals surface area contributed by atoms with Crippen molar-refractivity contribution >= 4 is 0 Å². The largest absolute Gasteiger partial charge is 0.492 e. The Balaban J connectivity index is 2.37. The number of benzene rings is 1. The Kier molecular flexibility index (Phi) is 5.45. The molecule has 1 aromatic rings. The Bertz CT molecular complexity index is 352. The summed E-state index contributed by atoms with van der Waals surface area (Å²) in [5.74, 6) is 3.98. The van der Waals surface area contributed by atoms with Crippen LogP contribution in [0.2, 0.25) is 0 Å². The Morgan fingerprint density at radius 1 is 1.44 bits per heavy atom. The van der Waals surface area contributed by atoms with Crippen molar-refractivity contribution < 1.29 is 4.74 Å². The Morgan fingerprint density at radius 3 is 2.94 bits per heavy atom. The molecule has 0 aliphatic rings. The molecule has 0 amide bonds. The summed E-state index contributed by atoms with van der Waals surface area (Å²) in [6.07, 6.45) is 5.12. The summed E-state index contributed by atoms with van der Waals surface area (Å²) in [6.45, 7) is 6.36. The maximum atomic E-state index is 5.61. The van der Waals surface area contributed by atoms with Gasteiger partial charge in [0.1, 0.15) is 12.4 Å². The lowest BCUT2D eigenvalue weighted by molar-refractivity contribution is 0.316. The van der Waals surface area contributed by atoms with Crippen LogP contribution in [-0.2, 0) is 0 Å². The maximum absolute atomic E-state index is 5.61. The van der Waals surface area contributed by atoms with Crippen LogP contribution in [0.4, 0.5) is 0 Å². The normalized spacial score (nSPS) is 10.1. The van der Waals surface area contributed by atoms with Crippen LogP contribution < -0.4 is 10.1 Å². The molecule has 0 aromatic heterocycles. The molecule has 0 radical (unpaired) electrons. The second kappa shape index (κ2) is 6.92. The lowest BCUT2D eigenvalue weighted by Crippen LogP contribution is -2.21. The van der Waals surface area contributed by atoms with Gasteiger partial charge in [-0.15, -0.1) is 6.42 Å². The van der Waals surface area contributed by atoms with Gasteiger partial charge in [-0.1, -0.05) is 31.9 Å². The standard InChI is InChI=1S/C14H19NO/c1-4-8-15-9-10-16-14-7-5-6-13(11-14)12(2)3/h1,5-7,11-12,15H,8-10H2,2-3H3. The van der Waals surface area contributed by atoms with E-state index in [-0.39, 0.29) is 0 Å². The van der Waals surface area contributed by atoms with E-state index in [1.807, 2.05) is 12.1 Å². The van der Waals surface area contributed by atoms with Crippen LogP contribution in [0.15, 0.2) is 24.3 Å². The van der Waals surface area contributed by atoms with Gasteiger partial charge < -0.3 is 10.1 Å². The highest BCUT2D eigenvalue weighted by Gasteiger charge is 2.00. The number of rotatable bonds is 6. The number of hydrogen-bond acceptors (Lipinski definition) is 2. The van der Waals surface area contributed by atoms with Crippen LogP contribution in [-0.4, -0.2) is 19.7 Å². The molecule has 0 saturated heterocycles. The fourth-order valence-corrected chi connectivity index (χ4v) is 1.37. The molecule has 0 fully saturated rings. The zero-order valence-electron chi connectivity index (χ0n) is 9.99. The molecule has 0 spiro atoms. The highest BCUT2D eigenvalue weighted by Crippen LogP contribution is 2.19. The fraction of sp³-hybridized carbons (Fsp3) is 0.429. The molecule has 0 bridgehead atoms. The summed E-state index contributed by atoms with van der Waals surface area (Å²) in [5.41, 5.74) is 1.30. The van der Waals surface area contributed by atoms with Crippen molar-refractivity contribution in [1.82, 2.24) is 5.32 Å². The van der Waals surface area contributed by atoms with Gasteiger partial charge in [0.05, 0.1) is 6.54 Å². The smallest absolute Gasteiger partial charge is 0.119 e. The molecule has 1 rings (SSSR count). The molecule has 0 aliphatic heterocycles. The monoisotopic (exact) mass is 217 g/mol. The van der Waals surface area contributed by atoms with Crippen LogP contribution in [0.3, 0.4) is 0 Å². The van der Waals surface area contributed by atoms with E-state index in [0.717, 1.165) is 12.3 Å². The summed E-state index contributed by atoms with van der Waals surface area (Å²) in [6, 6.07) is 8.21. The minimum Gasteiger partial charge on any atom is -0.492 e. The van der Waals surface area contributed by atoms with Crippen LogP contribution in [0.25, 0.3) is 0 Å². The van der Waals surface area contributed by atoms with Gasteiger partial charge in [-0.2, -0.15) is 0 Å². The van der Waals surface area contributed by atoms with Crippen molar-refractivity contribution in [2.75, 3.05) is 19.7 Å². The minimum atomic E-state index is 0.531. The van der Waals surface area contributed by atoms with E-state index >= 15 is 0 Å². The van der Waals surface area contributed by atoms with Crippen molar-refractivity contribution in [2.24, 2.45) is 0 Å². The molecule has 0 heterocycles. The van der Waals surface area contributed by atoms with Gasteiger partial charge in [0.15, 0.2) is 0 Å². The van der Waals surface area contributed by atoms with Crippen LogP contribution in [0, 0.1) is 12.3 Å². The molecule has 0 unspecified atom stereocenters. The van der Waals surface area contributed by atoms with Gasteiger partial charge in [0.2, 0.25) is 0 Å². The molecule has 0 atom stereocenters. The molecule has 2 nitrogen and oxygen atoms in total. The third-order valence-corrected chi connectivity index (χ3v) is 2.30. The third-order valence-electron chi connectivity index (χ3n) is 2.30. The highest BCUT2D eigenvalue weighted by molar-refractivity contribution is 5.30. The predicted molar refractivity (Wildman–Crippen MR) is 67.7 cm³/mol. The van der Waals surface area contributed by atoms with Gasteiger partial charge in [0.25, 0.3) is 0 Å². The van der Waals surface area contributed by atoms with Crippen LogP contribution in [0.1, 0.15) is 25.3 Å².